The van der Waals surface area contributed by atoms with Crippen molar-refractivity contribution in [3.05, 3.63) is 88.3 Å². The molecular weight excluding hydrogens is 533 g/mol. The number of nitrogens with one attached hydrogen (secondary N) is 4. The van der Waals surface area contributed by atoms with Crippen molar-refractivity contribution in [2.24, 2.45) is 0 Å². The second-order valence-corrected chi connectivity index (χ2v) is 8.42. The Kier molecular flexibility index (Phi) is 8.19. The van der Waals surface area contributed by atoms with E-state index >= 15 is 0 Å². The smallest absolute Gasteiger partial charge is 0.420 e. The van der Waals surface area contributed by atoms with Crippen LogP contribution in [0.1, 0.15) is 11.1 Å². The zero-order chi connectivity index (χ0) is 28.9. The molecule has 14 heteroatoms. The van der Waals surface area contributed by atoms with E-state index < -0.39 is 35.0 Å². The molecule has 4 aromatic rings. The van der Waals surface area contributed by atoms with Crippen molar-refractivity contribution in [1.29, 1.82) is 0 Å². The number of urea groups is 1. The van der Waals surface area contributed by atoms with Crippen molar-refractivity contribution in [2.75, 3.05) is 29.7 Å². The monoisotopic (exact) mass is 556 g/mol. The minimum absolute atomic E-state index is 0.0202. The number of aromatic amines is 1. The lowest BCUT2D eigenvalue weighted by atomic mass is 10.1. The number of anilines is 3. The average Bonchev–Trinajstić information content (AvgIpc) is 3.24. The van der Waals surface area contributed by atoms with Crippen molar-refractivity contribution in [3.63, 3.8) is 0 Å². The molecule has 0 saturated carbocycles. The van der Waals surface area contributed by atoms with E-state index in [9.17, 15) is 27.6 Å². The number of H-pyrrole nitrogens is 1. The molecule has 0 aliphatic rings. The average molecular weight is 557 g/mol. The number of rotatable bonds is 8. The zero-order valence-corrected chi connectivity index (χ0v) is 21.1. The van der Waals surface area contributed by atoms with Gasteiger partial charge in [0.25, 0.3) is 11.5 Å². The van der Waals surface area contributed by atoms with Gasteiger partial charge in [-0.1, -0.05) is 17.7 Å². The van der Waals surface area contributed by atoms with Crippen LogP contribution in [0, 0.1) is 6.92 Å². The molecule has 208 valence electrons. The van der Waals surface area contributed by atoms with E-state index in [0.717, 1.165) is 17.7 Å². The maximum atomic E-state index is 13.9. The van der Waals surface area contributed by atoms with Crippen molar-refractivity contribution >= 4 is 29.3 Å². The summed E-state index contributed by atoms with van der Waals surface area (Å²) in [6, 6.07) is 12.9. The Labute approximate surface area is 224 Å². The van der Waals surface area contributed by atoms with Crippen LogP contribution in [-0.2, 0) is 15.7 Å². The highest BCUT2D eigenvalue weighted by Gasteiger charge is 2.35. The summed E-state index contributed by atoms with van der Waals surface area (Å²) in [4.78, 5) is 40.2. The van der Waals surface area contributed by atoms with E-state index in [4.69, 9.17) is 9.47 Å². The van der Waals surface area contributed by atoms with Crippen LogP contribution in [0.2, 0.25) is 0 Å². The number of aryl methyl sites for hydroxylation is 1. The maximum Gasteiger partial charge on any atom is 0.420 e. The van der Waals surface area contributed by atoms with Crippen molar-refractivity contribution in [1.82, 2.24) is 14.8 Å². The SMILES string of the molecule is COCC(=O)Nc1cc(Oc2ccc(NC(=O)Nc3cc(=O)[nH]n3-c3ccc(C)cc3)cc2C(F)(F)F)ccn1. The Balaban J connectivity index is 1.52. The summed E-state index contributed by atoms with van der Waals surface area (Å²) in [6.07, 6.45) is -3.58. The molecule has 0 aliphatic heterocycles. The largest absolute Gasteiger partial charge is 0.457 e. The normalized spacial score (nSPS) is 11.1. The first-order chi connectivity index (χ1) is 19.0. The van der Waals surface area contributed by atoms with Gasteiger partial charge < -0.3 is 20.1 Å². The fourth-order valence-corrected chi connectivity index (χ4v) is 3.56. The van der Waals surface area contributed by atoms with Crippen LogP contribution in [-0.4, -0.2) is 40.4 Å². The topological polar surface area (TPSA) is 139 Å². The van der Waals surface area contributed by atoms with Gasteiger partial charge in [0.05, 0.1) is 5.69 Å². The first kappa shape index (κ1) is 27.9. The molecule has 0 atom stereocenters. The third-order valence-corrected chi connectivity index (χ3v) is 5.31. The first-order valence-corrected chi connectivity index (χ1v) is 11.6. The van der Waals surface area contributed by atoms with Crippen LogP contribution in [0.3, 0.4) is 0 Å². The molecule has 11 nitrogen and oxygen atoms in total. The van der Waals surface area contributed by atoms with Gasteiger partial charge in [0.2, 0.25) is 0 Å². The summed E-state index contributed by atoms with van der Waals surface area (Å²) in [5.41, 5.74) is -0.295. The number of benzene rings is 2. The summed E-state index contributed by atoms with van der Waals surface area (Å²) in [5, 5.41) is 9.76. The molecule has 4 rings (SSSR count). The van der Waals surface area contributed by atoms with Gasteiger partial charge in [0, 0.05) is 31.1 Å². The lowest BCUT2D eigenvalue weighted by molar-refractivity contribution is -0.138. The molecule has 0 radical (unpaired) electrons. The number of carbonyl (C=O) groups is 2. The molecule has 40 heavy (non-hydrogen) atoms. The van der Waals surface area contributed by atoms with E-state index in [1.165, 1.54) is 36.2 Å². The summed E-state index contributed by atoms with van der Waals surface area (Å²) in [7, 11) is 1.33. The molecule has 3 amide bonds. The number of hydrogen-bond acceptors (Lipinski definition) is 6. The highest BCUT2D eigenvalue weighted by molar-refractivity contribution is 5.99. The van der Waals surface area contributed by atoms with Gasteiger partial charge in [0.1, 0.15) is 35.3 Å². The highest BCUT2D eigenvalue weighted by atomic mass is 19.4. The van der Waals surface area contributed by atoms with Crippen LogP contribution in [0.15, 0.2) is 71.7 Å². The molecule has 2 aromatic heterocycles. The van der Waals surface area contributed by atoms with E-state index in [0.29, 0.717) is 11.8 Å². The van der Waals surface area contributed by atoms with Crippen LogP contribution >= 0.6 is 0 Å². The number of methoxy groups -OCH3 is 1. The Morgan fingerprint density at radius 3 is 2.45 bits per heavy atom. The minimum Gasteiger partial charge on any atom is -0.457 e. The minimum atomic E-state index is -4.83. The van der Waals surface area contributed by atoms with Gasteiger partial charge in [-0.2, -0.15) is 13.2 Å². The second-order valence-electron chi connectivity index (χ2n) is 8.42. The summed E-state index contributed by atoms with van der Waals surface area (Å²) in [5.74, 6) is -0.941. The molecule has 0 saturated heterocycles. The van der Waals surface area contributed by atoms with E-state index in [1.807, 2.05) is 19.1 Å². The summed E-state index contributed by atoms with van der Waals surface area (Å²) < 4.78 is 53.1. The molecule has 2 heterocycles. The summed E-state index contributed by atoms with van der Waals surface area (Å²) in [6.45, 7) is 1.65. The predicted molar refractivity (Wildman–Crippen MR) is 140 cm³/mol. The number of nitrogens with zero attached hydrogens (tertiary/aromatic N) is 2. The van der Waals surface area contributed by atoms with Gasteiger partial charge in [-0.15, -0.1) is 0 Å². The van der Waals surface area contributed by atoms with Crippen LogP contribution in [0.25, 0.3) is 5.69 Å². The molecule has 0 unspecified atom stereocenters. The number of carbonyl (C=O) groups excluding carboxylic acids is 2. The number of aromatic nitrogens is 3. The van der Waals surface area contributed by atoms with Crippen LogP contribution in [0.5, 0.6) is 11.5 Å². The molecule has 0 spiro atoms. The molecule has 2 aromatic carbocycles. The Hall–Kier alpha value is -5.11. The zero-order valence-electron chi connectivity index (χ0n) is 21.1. The van der Waals surface area contributed by atoms with E-state index in [1.54, 1.807) is 12.1 Å². The number of amides is 3. The molecule has 4 N–H and O–H groups in total. The van der Waals surface area contributed by atoms with Crippen LogP contribution in [0.4, 0.5) is 35.3 Å². The number of alkyl halides is 3. The Bertz CT molecular complexity index is 1580. The first-order valence-electron chi connectivity index (χ1n) is 11.6. The third-order valence-electron chi connectivity index (χ3n) is 5.31. The third kappa shape index (κ3) is 7.05. The van der Waals surface area contributed by atoms with Gasteiger partial charge in [0.15, 0.2) is 0 Å². The number of ether oxygens (including phenoxy) is 2. The molecule has 0 bridgehead atoms. The lowest BCUT2D eigenvalue weighted by Crippen LogP contribution is -2.21. The Morgan fingerprint density at radius 1 is 1.00 bits per heavy atom. The van der Waals surface area contributed by atoms with Crippen molar-refractivity contribution in [2.45, 2.75) is 13.1 Å². The number of pyridine rings is 1. The predicted octanol–water partition coefficient (Wildman–Crippen LogP) is 4.91. The van der Waals surface area contributed by atoms with Gasteiger partial charge >= 0.3 is 12.2 Å². The van der Waals surface area contributed by atoms with E-state index in [-0.39, 0.29) is 29.7 Å². The van der Waals surface area contributed by atoms with Crippen molar-refractivity contribution in [3.8, 4) is 17.2 Å². The lowest BCUT2D eigenvalue weighted by Gasteiger charge is -2.16. The van der Waals surface area contributed by atoms with Gasteiger partial charge in [-0.05, 0) is 43.3 Å². The number of hydrogen-bond donors (Lipinski definition) is 4. The molecule has 0 aliphatic carbocycles. The number of halogens is 3. The van der Waals surface area contributed by atoms with Gasteiger partial charge in [-0.3, -0.25) is 20.0 Å². The second kappa shape index (κ2) is 11.7. The van der Waals surface area contributed by atoms with E-state index in [2.05, 4.69) is 26.0 Å². The molecule has 0 fully saturated rings. The summed E-state index contributed by atoms with van der Waals surface area (Å²) >= 11 is 0. The van der Waals surface area contributed by atoms with Gasteiger partial charge in [-0.25, -0.2) is 14.5 Å². The maximum absolute atomic E-state index is 13.9. The van der Waals surface area contributed by atoms with Crippen LogP contribution < -0.4 is 26.2 Å². The Morgan fingerprint density at radius 2 is 1.75 bits per heavy atom. The van der Waals surface area contributed by atoms with Crippen molar-refractivity contribution < 1.29 is 32.2 Å². The fraction of sp³-hybridized carbons (Fsp3) is 0.154. The molecular formula is C26H23F3N6O5. The fourth-order valence-electron chi connectivity index (χ4n) is 3.56. The highest BCUT2D eigenvalue weighted by Crippen LogP contribution is 2.40. The standard InChI is InChI=1S/C26H23F3N6O5/c1-15-3-6-17(7-4-15)35-22(13-23(36)34-35)33-25(38)31-16-5-8-20(19(11-16)26(27,28)29)40-18-9-10-30-21(12-18)32-24(37)14-39-2/h3-13H,14H2,1-2H3,(H,34,36)(H,30,32,37)(H2,31,33,38). The quantitative estimate of drug-likeness (QED) is 0.243.